The molecule has 2 aromatic carbocycles. The molecule has 1 amide bonds. The second-order valence-corrected chi connectivity index (χ2v) is 8.36. The van der Waals surface area contributed by atoms with Gasteiger partial charge in [0.15, 0.2) is 5.78 Å². The largest absolute Gasteiger partial charge is 0.497 e. The van der Waals surface area contributed by atoms with E-state index in [1.165, 1.54) is 5.56 Å². The average Bonchev–Trinajstić information content (AvgIpc) is 2.71. The first-order chi connectivity index (χ1) is 14.3. The van der Waals surface area contributed by atoms with Gasteiger partial charge in [-0.3, -0.25) is 9.59 Å². The van der Waals surface area contributed by atoms with Gasteiger partial charge in [0.25, 0.3) is 0 Å². The van der Waals surface area contributed by atoms with Crippen molar-refractivity contribution in [2.45, 2.75) is 52.0 Å². The molecule has 1 aliphatic rings. The van der Waals surface area contributed by atoms with Crippen LogP contribution in [-0.2, 0) is 11.2 Å². The number of carbonyl (C=O) groups excluding carboxylic acids is 2. The van der Waals surface area contributed by atoms with Gasteiger partial charge in [-0.25, -0.2) is 0 Å². The van der Waals surface area contributed by atoms with Crippen molar-refractivity contribution in [3.63, 3.8) is 0 Å². The second-order valence-electron chi connectivity index (χ2n) is 8.36. The Balaban J connectivity index is 1.81. The summed E-state index contributed by atoms with van der Waals surface area (Å²) in [5.41, 5.74) is 4.09. The molecule has 0 bridgehead atoms. The van der Waals surface area contributed by atoms with Gasteiger partial charge < -0.3 is 15.4 Å². The van der Waals surface area contributed by atoms with E-state index in [1.54, 1.807) is 37.5 Å². The lowest BCUT2D eigenvalue weighted by Gasteiger charge is -2.35. The molecular formula is C25H30N2O3. The zero-order valence-electron chi connectivity index (χ0n) is 18.2. The second kappa shape index (κ2) is 9.16. The zero-order valence-corrected chi connectivity index (χ0v) is 18.2. The molecule has 0 spiro atoms. The molecule has 0 aromatic heterocycles. The molecule has 0 fully saturated rings. The molecule has 2 aromatic rings. The minimum Gasteiger partial charge on any atom is -0.497 e. The predicted octanol–water partition coefficient (Wildman–Crippen LogP) is 4.97. The number of anilines is 1. The van der Waals surface area contributed by atoms with E-state index < -0.39 is 0 Å². The molecule has 5 nitrogen and oxygen atoms in total. The number of nitrogens with one attached hydrogen (secondary N) is 2. The van der Waals surface area contributed by atoms with Gasteiger partial charge in [0.2, 0.25) is 5.91 Å². The summed E-state index contributed by atoms with van der Waals surface area (Å²) >= 11 is 0. The number of methoxy groups -OCH3 is 1. The van der Waals surface area contributed by atoms with Gasteiger partial charge in [0, 0.05) is 40.5 Å². The fraction of sp³-hybridized carbons (Fsp3) is 0.360. The topological polar surface area (TPSA) is 67.4 Å². The summed E-state index contributed by atoms with van der Waals surface area (Å²) in [7, 11) is 1.64. The zero-order chi connectivity index (χ0) is 21.7. The van der Waals surface area contributed by atoms with Crippen LogP contribution in [0.25, 0.3) is 5.70 Å². The standard InChI is InChI=1S/C25H30N2O3/c1-5-6-7-24(29)26-19-11-8-17(9-12-19)23(28)15-22-21-14-20(30-4)13-10-18(21)16-25(2,3)27-22/h8-15,27H,5-7,16H2,1-4H3,(H,26,29)/b22-15-. The number of carbonyl (C=O) groups is 2. The third-order valence-electron chi connectivity index (χ3n) is 5.20. The van der Waals surface area contributed by atoms with E-state index in [0.29, 0.717) is 17.7 Å². The number of hydrogen-bond acceptors (Lipinski definition) is 4. The van der Waals surface area contributed by atoms with Gasteiger partial charge in [0.05, 0.1) is 7.11 Å². The van der Waals surface area contributed by atoms with Crippen LogP contribution in [0.5, 0.6) is 5.75 Å². The maximum absolute atomic E-state index is 12.9. The van der Waals surface area contributed by atoms with Crippen molar-refractivity contribution in [3.8, 4) is 5.75 Å². The quantitative estimate of drug-likeness (QED) is 0.503. The first kappa shape index (κ1) is 21.6. The molecule has 30 heavy (non-hydrogen) atoms. The summed E-state index contributed by atoms with van der Waals surface area (Å²) in [6.45, 7) is 6.29. The van der Waals surface area contributed by atoms with Gasteiger partial charge in [-0.15, -0.1) is 0 Å². The van der Waals surface area contributed by atoms with Crippen molar-refractivity contribution in [2.24, 2.45) is 0 Å². The summed E-state index contributed by atoms with van der Waals surface area (Å²) in [6, 6.07) is 13.0. The number of unbranched alkanes of at least 4 members (excludes halogenated alkanes) is 1. The molecule has 1 heterocycles. The highest BCUT2D eigenvalue weighted by Crippen LogP contribution is 2.32. The molecule has 5 heteroatoms. The number of hydrogen-bond donors (Lipinski definition) is 2. The van der Waals surface area contributed by atoms with Crippen LogP contribution in [0.15, 0.2) is 48.5 Å². The first-order valence-electron chi connectivity index (χ1n) is 10.4. The van der Waals surface area contributed by atoms with Crippen LogP contribution < -0.4 is 15.4 Å². The average molecular weight is 407 g/mol. The van der Waals surface area contributed by atoms with E-state index >= 15 is 0 Å². The number of amides is 1. The number of ether oxygens (including phenoxy) is 1. The number of ketones is 1. The molecule has 1 aliphatic heterocycles. The number of allylic oxidation sites excluding steroid dienone is 1. The summed E-state index contributed by atoms with van der Waals surface area (Å²) in [5.74, 6) is 0.668. The molecule has 0 radical (unpaired) electrons. The van der Waals surface area contributed by atoms with E-state index in [4.69, 9.17) is 4.74 Å². The van der Waals surface area contributed by atoms with Gasteiger partial charge in [0.1, 0.15) is 5.75 Å². The molecule has 0 atom stereocenters. The SMILES string of the molecule is CCCCC(=O)Nc1ccc(C(=O)/C=C2\NC(C)(C)Cc3ccc(OC)cc32)cc1. The lowest BCUT2D eigenvalue weighted by atomic mass is 9.85. The maximum atomic E-state index is 12.9. The van der Waals surface area contributed by atoms with E-state index in [1.807, 2.05) is 12.1 Å². The Morgan fingerprint density at radius 1 is 1.17 bits per heavy atom. The molecule has 0 saturated heterocycles. The lowest BCUT2D eigenvalue weighted by molar-refractivity contribution is -0.116. The van der Waals surface area contributed by atoms with Crippen LogP contribution in [0, 0.1) is 0 Å². The lowest BCUT2D eigenvalue weighted by Crippen LogP contribution is -2.43. The van der Waals surface area contributed by atoms with Crippen molar-refractivity contribution in [1.82, 2.24) is 5.32 Å². The van der Waals surface area contributed by atoms with Crippen molar-refractivity contribution in [1.29, 1.82) is 0 Å². The predicted molar refractivity (Wildman–Crippen MR) is 121 cm³/mol. The van der Waals surface area contributed by atoms with Crippen LogP contribution >= 0.6 is 0 Å². The van der Waals surface area contributed by atoms with Crippen molar-refractivity contribution in [2.75, 3.05) is 12.4 Å². The third kappa shape index (κ3) is 5.29. The normalized spacial score (nSPS) is 15.8. The highest BCUT2D eigenvalue weighted by molar-refractivity contribution is 6.09. The Hall–Kier alpha value is -3.08. The van der Waals surface area contributed by atoms with Gasteiger partial charge >= 0.3 is 0 Å². The molecule has 3 rings (SSSR count). The summed E-state index contributed by atoms with van der Waals surface area (Å²) in [5, 5.41) is 6.35. The minimum absolute atomic E-state index is 0.00256. The molecule has 158 valence electrons. The van der Waals surface area contributed by atoms with E-state index in [0.717, 1.165) is 36.3 Å². The fourth-order valence-electron chi connectivity index (χ4n) is 3.65. The Labute approximate surface area is 178 Å². The molecular weight excluding hydrogens is 376 g/mol. The summed E-state index contributed by atoms with van der Waals surface area (Å²) in [4.78, 5) is 24.8. The molecule has 0 unspecified atom stereocenters. The number of benzene rings is 2. The summed E-state index contributed by atoms with van der Waals surface area (Å²) < 4.78 is 5.37. The highest BCUT2D eigenvalue weighted by atomic mass is 16.5. The monoisotopic (exact) mass is 406 g/mol. The van der Waals surface area contributed by atoms with E-state index in [2.05, 4.69) is 37.5 Å². The Kier molecular flexibility index (Phi) is 6.60. The van der Waals surface area contributed by atoms with Gasteiger partial charge in [-0.1, -0.05) is 19.4 Å². The van der Waals surface area contributed by atoms with E-state index in [9.17, 15) is 9.59 Å². The smallest absolute Gasteiger partial charge is 0.224 e. The minimum atomic E-state index is -0.152. The molecule has 2 N–H and O–H groups in total. The number of rotatable bonds is 7. The van der Waals surface area contributed by atoms with Crippen molar-refractivity contribution < 1.29 is 14.3 Å². The van der Waals surface area contributed by atoms with Crippen molar-refractivity contribution in [3.05, 3.63) is 65.2 Å². The fourth-order valence-corrected chi connectivity index (χ4v) is 3.65. The van der Waals surface area contributed by atoms with Gasteiger partial charge in [-0.2, -0.15) is 0 Å². The highest BCUT2D eigenvalue weighted by Gasteiger charge is 2.28. The number of fused-ring (bicyclic) bond motifs is 1. The maximum Gasteiger partial charge on any atom is 0.224 e. The Morgan fingerprint density at radius 2 is 1.90 bits per heavy atom. The van der Waals surface area contributed by atoms with Crippen molar-refractivity contribution >= 4 is 23.1 Å². The Morgan fingerprint density at radius 3 is 2.57 bits per heavy atom. The van der Waals surface area contributed by atoms with Gasteiger partial charge in [-0.05, 0) is 68.7 Å². The van der Waals surface area contributed by atoms with Crippen LogP contribution in [0.2, 0.25) is 0 Å². The van der Waals surface area contributed by atoms with Crippen LogP contribution in [0.1, 0.15) is 61.5 Å². The van der Waals surface area contributed by atoms with Crippen LogP contribution in [-0.4, -0.2) is 24.3 Å². The third-order valence-corrected chi connectivity index (χ3v) is 5.20. The molecule has 0 aliphatic carbocycles. The van der Waals surface area contributed by atoms with Crippen LogP contribution in [0.4, 0.5) is 5.69 Å². The molecule has 0 saturated carbocycles. The van der Waals surface area contributed by atoms with Crippen LogP contribution in [0.3, 0.4) is 0 Å². The van der Waals surface area contributed by atoms with E-state index in [-0.39, 0.29) is 17.2 Å². The Bertz CT molecular complexity index is 959. The summed E-state index contributed by atoms with van der Waals surface area (Å²) in [6.07, 6.45) is 4.87. The first-order valence-corrected chi connectivity index (χ1v) is 10.4.